The first-order valence-electron chi connectivity index (χ1n) is 32.6. The quantitative estimate of drug-likeness (QED) is 0.00752. The van der Waals surface area contributed by atoms with Crippen molar-refractivity contribution in [2.75, 3.05) is 81.4 Å². The monoisotopic (exact) mass is 1720 g/mol. The molecule has 2 atom stereocenters. The highest BCUT2D eigenvalue weighted by atomic mass is 127. The van der Waals surface area contributed by atoms with Crippen LogP contribution < -0.4 is 44.2 Å². The number of anilines is 6. The Morgan fingerprint density at radius 3 is 1.62 bits per heavy atom. The number of nitro benzene ring substituents is 2. The Kier molecular flexibility index (Phi) is 31.9. The lowest BCUT2D eigenvalue weighted by atomic mass is 10.1. The lowest BCUT2D eigenvalue weighted by Gasteiger charge is -2.22. The number of amides is 2. The van der Waals surface area contributed by atoms with Crippen molar-refractivity contribution in [1.29, 1.82) is 0 Å². The number of hydrogen-bond donors (Lipinski definition) is 8. The number of rotatable bonds is 18. The molecule has 1 aliphatic heterocycles. The van der Waals surface area contributed by atoms with Gasteiger partial charge in [0.2, 0.25) is 11.7 Å². The van der Waals surface area contributed by atoms with Gasteiger partial charge in [0, 0.05) is 95.1 Å². The Morgan fingerprint density at radius 2 is 1.21 bits per heavy atom. The maximum Gasteiger partial charge on any atom is 0.304 e. The SMILES string of the molecule is C#Cc1nn([C@H]2C[C@H](COC)N(C(=O)C=C)C2)c(NC)c1C(N)=O.COC(OC)OC.Cc1cc(NC2CC2)c(N)cc1I.Cc1cc(NC2CC2)c(N)cc1I.Cc1cc2c(cc1I)ncn2C1CC1.Cc1ccc([N+](=O)[O-])c(F)c1.Cc1ccc([N+](=O)[O-])c(NC2CC2)c1.NC1CC1. The fourth-order valence-corrected chi connectivity index (χ4v) is 11.4. The molecule has 0 radical (unpaired) electrons. The van der Waals surface area contributed by atoms with Crippen molar-refractivity contribution in [3.8, 4) is 12.3 Å². The summed E-state index contributed by atoms with van der Waals surface area (Å²) < 4.78 is 39.4. The predicted molar refractivity (Wildman–Crippen MR) is 419 cm³/mol. The summed E-state index contributed by atoms with van der Waals surface area (Å²) >= 11 is 6.98. The zero-order chi connectivity index (χ0) is 73.7. The minimum absolute atomic E-state index is 0.106. The molecule has 6 aliphatic rings. The first-order valence-corrected chi connectivity index (χ1v) is 35.8. The molecular weight excluding hydrogens is 1620 g/mol. The summed E-state index contributed by atoms with van der Waals surface area (Å²) in [7, 11) is 7.78. The summed E-state index contributed by atoms with van der Waals surface area (Å²) in [5.41, 5.74) is 35.1. The molecule has 5 aliphatic carbocycles. The van der Waals surface area contributed by atoms with Crippen LogP contribution in [-0.4, -0.2) is 131 Å². The van der Waals surface area contributed by atoms with E-state index in [4.69, 9.17) is 34.1 Å². The smallest absolute Gasteiger partial charge is 0.304 e. The van der Waals surface area contributed by atoms with E-state index in [2.05, 4.69) is 175 Å². The molecule has 540 valence electrons. The molecular formula is C71H93FI3N15O10. The van der Waals surface area contributed by atoms with Crippen LogP contribution in [0.3, 0.4) is 0 Å². The number of primary amides is 1. The first-order chi connectivity index (χ1) is 47.6. The number of carbonyl (C=O) groups is 2. The van der Waals surface area contributed by atoms with Crippen molar-refractivity contribution in [2.24, 2.45) is 11.5 Å². The average molecular weight is 1720 g/mol. The maximum absolute atomic E-state index is 12.7. The number of aryl methyl sites for hydroxylation is 5. The number of fused-ring (bicyclic) bond motifs is 1. The number of aromatic nitrogens is 4. The van der Waals surface area contributed by atoms with Gasteiger partial charge >= 0.3 is 5.69 Å². The fourth-order valence-electron chi connectivity index (χ4n) is 9.93. The van der Waals surface area contributed by atoms with Gasteiger partial charge in [0.05, 0.1) is 68.6 Å². The number of nitrogen functional groups attached to an aromatic ring is 2. The highest BCUT2D eigenvalue weighted by Crippen LogP contribution is 2.39. The van der Waals surface area contributed by atoms with E-state index in [1.165, 1.54) is 118 Å². The van der Waals surface area contributed by atoms with Gasteiger partial charge in [-0.05, 0) is 261 Å². The van der Waals surface area contributed by atoms with Crippen molar-refractivity contribution in [1.82, 2.24) is 24.2 Å². The number of terminal acetylenes is 1. The van der Waals surface area contributed by atoms with Crippen LogP contribution in [0.1, 0.15) is 127 Å². The predicted octanol–water partition coefficient (Wildman–Crippen LogP) is 13.6. The number of carbonyl (C=O) groups excluding carboxylic acids is 2. The molecule has 6 fully saturated rings. The van der Waals surface area contributed by atoms with Crippen molar-refractivity contribution in [3.63, 3.8) is 0 Å². The van der Waals surface area contributed by atoms with Crippen molar-refractivity contribution in [2.45, 2.75) is 154 Å². The van der Waals surface area contributed by atoms with E-state index in [0.29, 0.717) is 60.8 Å². The van der Waals surface area contributed by atoms with E-state index in [0.717, 1.165) is 64.8 Å². The van der Waals surface area contributed by atoms with Crippen LogP contribution in [0.2, 0.25) is 0 Å². The Bertz CT molecular complexity index is 3920. The Hall–Kier alpha value is -7.46. The third kappa shape index (κ3) is 25.3. The van der Waals surface area contributed by atoms with E-state index in [-0.39, 0.29) is 39.9 Å². The molecule has 25 nitrogen and oxygen atoms in total. The number of methoxy groups -OCH3 is 4. The van der Waals surface area contributed by atoms with Crippen LogP contribution >= 0.6 is 67.8 Å². The summed E-state index contributed by atoms with van der Waals surface area (Å²) in [6.07, 6.45) is 21.8. The molecule has 7 aromatic rings. The second kappa shape index (κ2) is 39.1. The number of likely N-dealkylation sites (tertiary alicyclic amines) is 1. The zero-order valence-electron chi connectivity index (χ0n) is 58.2. The number of hydrogen-bond acceptors (Lipinski definition) is 19. The van der Waals surface area contributed by atoms with E-state index >= 15 is 0 Å². The molecule has 5 saturated carbocycles. The molecule has 3 heterocycles. The second-order valence-corrected chi connectivity index (χ2v) is 28.4. The van der Waals surface area contributed by atoms with Gasteiger partial charge in [-0.25, -0.2) is 9.67 Å². The Labute approximate surface area is 625 Å². The molecule has 100 heavy (non-hydrogen) atoms. The van der Waals surface area contributed by atoms with Crippen LogP contribution in [-0.2, 0) is 23.7 Å². The van der Waals surface area contributed by atoms with Gasteiger partial charge in [-0.15, -0.1) is 6.42 Å². The average Bonchev–Trinajstić information content (AvgIpc) is 1.62. The third-order valence-electron chi connectivity index (χ3n) is 16.2. The summed E-state index contributed by atoms with van der Waals surface area (Å²) in [5.74, 6) is 1.22. The number of halogens is 4. The van der Waals surface area contributed by atoms with Crippen LogP contribution in [0.25, 0.3) is 11.0 Å². The van der Waals surface area contributed by atoms with Gasteiger partial charge in [0.1, 0.15) is 22.8 Å². The Morgan fingerprint density at radius 1 is 0.730 bits per heavy atom. The fraction of sp³-hybridized carbons (Fsp3) is 0.437. The molecule has 0 unspecified atom stereocenters. The van der Waals surface area contributed by atoms with Gasteiger partial charge in [-0.1, -0.05) is 18.7 Å². The van der Waals surface area contributed by atoms with Crippen molar-refractivity contribution < 1.29 is 42.8 Å². The van der Waals surface area contributed by atoms with Gasteiger partial charge in [0.15, 0.2) is 0 Å². The molecule has 1 saturated heterocycles. The zero-order valence-corrected chi connectivity index (χ0v) is 64.7. The highest BCUT2D eigenvalue weighted by Gasteiger charge is 2.38. The van der Waals surface area contributed by atoms with E-state index in [1.807, 2.05) is 31.5 Å². The number of nitrogens with one attached hydrogen (secondary N) is 4. The molecule has 2 amide bonds. The first kappa shape index (κ1) is 81.5. The number of nitrogens with two attached hydrogens (primary N) is 4. The molecule has 29 heteroatoms. The molecule has 0 spiro atoms. The summed E-state index contributed by atoms with van der Waals surface area (Å²) in [5, 5.41) is 38.1. The molecule has 13 rings (SSSR count). The highest BCUT2D eigenvalue weighted by molar-refractivity contribution is 14.1. The Balaban J connectivity index is 0.000000186. The van der Waals surface area contributed by atoms with Crippen molar-refractivity contribution >= 4 is 136 Å². The largest absolute Gasteiger partial charge is 0.397 e. The van der Waals surface area contributed by atoms with Crippen LogP contribution in [0.4, 0.5) is 50.0 Å². The molecule has 2 aromatic heterocycles. The van der Waals surface area contributed by atoms with E-state index < -0.39 is 28.8 Å². The summed E-state index contributed by atoms with van der Waals surface area (Å²) in [6.45, 7) is 13.8. The van der Waals surface area contributed by atoms with Gasteiger partial charge in [0.25, 0.3) is 18.1 Å². The topological polar surface area (TPSA) is 348 Å². The van der Waals surface area contributed by atoms with Gasteiger partial charge in [-0.3, -0.25) is 29.8 Å². The minimum atomic E-state index is -0.782. The molecule has 0 bridgehead atoms. The third-order valence-corrected chi connectivity index (χ3v) is 19.7. The number of benzene rings is 5. The van der Waals surface area contributed by atoms with E-state index in [1.54, 1.807) is 42.8 Å². The maximum atomic E-state index is 12.7. The minimum Gasteiger partial charge on any atom is -0.397 e. The van der Waals surface area contributed by atoms with Crippen molar-refractivity contribution in [3.05, 3.63) is 168 Å². The number of nitro groups is 2. The lowest BCUT2D eigenvalue weighted by Crippen LogP contribution is -2.37. The van der Waals surface area contributed by atoms with Gasteiger partial charge < -0.3 is 72.6 Å². The lowest BCUT2D eigenvalue weighted by molar-refractivity contribution is -0.387. The molecule has 12 N–H and O–H groups in total. The standard InChI is InChI=1S/C16H21N5O3.C11H11IN2.2C10H13IN2.C10H12N2O2.C7H6FNO2.C4H10O3.C3H7N/c1-5-12-14(15(17)23)16(18-3)21(19-12)10-7-11(9-24-4)20(8-10)13(22)6-2;1-7-4-11-10(5-9(7)12)13-6-14(11)8-2-3-8;2*1-6-4-10(13-7-2-3-7)9(12)5-8(6)11;1-7-2-5-10(12(13)14)9(6-7)11-8-3-4-8;1-5-2-3-7(9(10)11)6(8)4-5;1-5-4(6-2)7-3;4-3-1-2-3/h1,6,10-11,18H,2,7-9H2,3-4H3,(H2,17,23);4-6,8H,2-3H2,1H3;2*4-5,7,13H,2-3,12H2,1H3;2,5-6,8,11H,3-4H2,1H3;2-4H,1H3;4H,1-3H3;3H,1-2,4H2/t10-,11+;;;;;;;/m0......./s1. The van der Waals surface area contributed by atoms with Gasteiger partial charge in [-0.2, -0.15) is 9.49 Å². The van der Waals surface area contributed by atoms with Crippen LogP contribution in [0, 0.1) is 83.7 Å². The normalized spacial score (nSPS) is 16.1. The summed E-state index contributed by atoms with van der Waals surface area (Å²) in [6, 6.07) is 24.5. The second-order valence-electron chi connectivity index (χ2n) is 24.9. The van der Waals surface area contributed by atoms with Crippen LogP contribution in [0.5, 0.6) is 0 Å². The summed E-state index contributed by atoms with van der Waals surface area (Å²) in [4.78, 5) is 49.6. The van der Waals surface area contributed by atoms with Crippen LogP contribution in [0.15, 0.2) is 91.8 Å². The number of imidazole rings is 1. The van der Waals surface area contributed by atoms with E-state index in [9.17, 15) is 34.2 Å². The molecule has 5 aromatic carbocycles. The number of nitrogens with zero attached hydrogens (tertiary/aromatic N) is 7. The number of ether oxygens (including phenoxy) is 4.